The molecule has 0 spiro atoms. The Hall–Kier alpha value is -1.13. The van der Waals surface area contributed by atoms with Crippen molar-refractivity contribution in [2.45, 2.75) is 6.10 Å². The van der Waals surface area contributed by atoms with Crippen molar-refractivity contribution in [2.75, 3.05) is 25.6 Å². The standard InChI is InChI=1S/C9H12N2O2/c10-9-3-1-2-7(11-9)8-6-12-4-5-13-8/h1-3,8H,4-6H2,(H2,10,11). The zero-order valence-electron chi connectivity index (χ0n) is 7.27. The second kappa shape index (κ2) is 3.72. The molecule has 0 aromatic carbocycles. The molecule has 0 saturated carbocycles. The van der Waals surface area contributed by atoms with Gasteiger partial charge in [0.2, 0.25) is 0 Å². The first kappa shape index (κ1) is 8.47. The van der Waals surface area contributed by atoms with E-state index in [0.29, 0.717) is 25.6 Å². The monoisotopic (exact) mass is 180 g/mol. The van der Waals surface area contributed by atoms with Crippen LogP contribution in [0.5, 0.6) is 0 Å². The lowest BCUT2D eigenvalue weighted by Gasteiger charge is -2.22. The van der Waals surface area contributed by atoms with Crippen LogP contribution in [0.3, 0.4) is 0 Å². The lowest BCUT2D eigenvalue weighted by Crippen LogP contribution is -2.22. The maximum Gasteiger partial charge on any atom is 0.123 e. The molecule has 0 radical (unpaired) electrons. The molecular weight excluding hydrogens is 168 g/mol. The molecule has 0 aliphatic carbocycles. The number of hydrogen-bond donors (Lipinski definition) is 1. The van der Waals surface area contributed by atoms with Gasteiger partial charge < -0.3 is 15.2 Å². The molecule has 1 saturated heterocycles. The van der Waals surface area contributed by atoms with Crippen molar-refractivity contribution >= 4 is 5.82 Å². The third-order valence-electron chi connectivity index (χ3n) is 1.94. The van der Waals surface area contributed by atoms with Crippen LogP contribution < -0.4 is 5.73 Å². The molecular formula is C9H12N2O2. The zero-order chi connectivity index (χ0) is 9.10. The van der Waals surface area contributed by atoms with Crippen molar-refractivity contribution in [3.63, 3.8) is 0 Å². The molecule has 1 atom stereocenters. The average Bonchev–Trinajstić information content (AvgIpc) is 2.19. The van der Waals surface area contributed by atoms with Gasteiger partial charge in [-0.2, -0.15) is 0 Å². The summed E-state index contributed by atoms with van der Waals surface area (Å²) in [6.45, 7) is 1.86. The van der Waals surface area contributed by atoms with E-state index in [9.17, 15) is 0 Å². The van der Waals surface area contributed by atoms with Gasteiger partial charge >= 0.3 is 0 Å². The van der Waals surface area contributed by atoms with E-state index in [1.54, 1.807) is 6.07 Å². The van der Waals surface area contributed by atoms with Gasteiger partial charge in [0.25, 0.3) is 0 Å². The molecule has 1 fully saturated rings. The molecule has 4 heteroatoms. The summed E-state index contributed by atoms with van der Waals surface area (Å²) in [5.74, 6) is 0.520. The first-order valence-corrected chi connectivity index (χ1v) is 4.28. The van der Waals surface area contributed by atoms with Gasteiger partial charge in [0.1, 0.15) is 11.9 Å². The van der Waals surface area contributed by atoms with Gasteiger partial charge in [0.15, 0.2) is 0 Å². The van der Waals surface area contributed by atoms with E-state index in [1.807, 2.05) is 12.1 Å². The average molecular weight is 180 g/mol. The fourth-order valence-corrected chi connectivity index (χ4v) is 1.31. The van der Waals surface area contributed by atoms with Crippen LogP contribution in [0.15, 0.2) is 18.2 Å². The van der Waals surface area contributed by atoms with Gasteiger partial charge in [-0.25, -0.2) is 4.98 Å². The quantitative estimate of drug-likeness (QED) is 0.693. The summed E-state index contributed by atoms with van der Waals surface area (Å²) in [4.78, 5) is 4.17. The molecule has 1 unspecified atom stereocenters. The fourth-order valence-electron chi connectivity index (χ4n) is 1.31. The number of nitrogens with two attached hydrogens (primary N) is 1. The summed E-state index contributed by atoms with van der Waals surface area (Å²) >= 11 is 0. The summed E-state index contributed by atoms with van der Waals surface area (Å²) in [6.07, 6.45) is -0.0581. The molecule has 2 N–H and O–H groups in total. The molecule has 1 aromatic heterocycles. The minimum absolute atomic E-state index is 0.0581. The highest BCUT2D eigenvalue weighted by Crippen LogP contribution is 2.19. The lowest BCUT2D eigenvalue weighted by molar-refractivity contribution is -0.0917. The molecule has 0 amide bonds. The smallest absolute Gasteiger partial charge is 0.123 e. The first-order valence-electron chi connectivity index (χ1n) is 4.28. The number of nitrogens with zero attached hydrogens (tertiary/aromatic N) is 1. The van der Waals surface area contributed by atoms with Crippen LogP contribution in [-0.4, -0.2) is 24.8 Å². The van der Waals surface area contributed by atoms with Gasteiger partial charge in [0, 0.05) is 0 Å². The summed E-state index contributed by atoms with van der Waals surface area (Å²) in [5.41, 5.74) is 6.40. The van der Waals surface area contributed by atoms with E-state index >= 15 is 0 Å². The Labute approximate surface area is 76.7 Å². The molecule has 2 heterocycles. The number of aromatic nitrogens is 1. The summed E-state index contributed by atoms with van der Waals surface area (Å²) in [6, 6.07) is 5.53. The Morgan fingerprint density at radius 1 is 1.38 bits per heavy atom. The van der Waals surface area contributed by atoms with E-state index in [2.05, 4.69) is 4.98 Å². The molecule has 70 valence electrons. The van der Waals surface area contributed by atoms with Crippen molar-refractivity contribution in [3.05, 3.63) is 23.9 Å². The first-order chi connectivity index (χ1) is 6.36. The Morgan fingerprint density at radius 3 is 3.00 bits per heavy atom. The van der Waals surface area contributed by atoms with Crippen LogP contribution in [0.25, 0.3) is 0 Å². The highest BCUT2D eigenvalue weighted by atomic mass is 16.6. The zero-order valence-corrected chi connectivity index (χ0v) is 7.27. The molecule has 4 nitrogen and oxygen atoms in total. The van der Waals surface area contributed by atoms with Gasteiger partial charge in [-0.1, -0.05) is 6.07 Å². The van der Waals surface area contributed by atoms with E-state index in [1.165, 1.54) is 0 Å². The summed E-state index contributed by atoms with van der Waals surface area (Å²) < 4.78 is 10.7. The molecule has 13 heavy (non-hydrogen) atoms. The van der Waals surface area contributed by atoms with Crippen LogP contribution >= 0.6 is 0 Å². The second-order valence-electron chi connectivity index (χ2n) is 2.92. The third-order valence-corrected chi connectivity index (χ3v) is 1.94. The number of anilines is 1. The molecule has 1 aliphatic rings. The number of hydrogen-bond acceptors (Lipinski definition) is 4. The molecule has 1 aliphatic heterocycles. The summed E-state index contributed by atoms with van der Waals surface area (Å²) in [5, 5.41) is 0. The van der Waals surface area contributed by atoms with E-state index < -0.39 is 0 Å². The maximum absolute atomic E-state index is 5.56. The van der Waals surface area contributed by atoms with Crippen LogP contribution in [0.1, 0.15) is 11.8 Å². The molecule has 1 aromatic rings. The Balaban J connectivity index is 2.14. The maximum atomic E-state index is 5.56. The minimum Gasteiger partial charge on any atom is -0.384 e. The number of rotatable bonds is 1. The SMILES string of the molecule is Nc1cccc(C2COCCO2)n1. The number of pyridine rings is 1. The van der Waals surface area contributed by atoms with Crippen LogP contribution in [0.2, 0.25) is 0 Å². The van der Waals surface area contributed by atoms with Crippen molar-refractivity contribution in [2.24, 2.45) is 0 Å². The summed E-state index contributed by atoms with van der Waals surface area (Å²) in [7, 11) is 0. The van der Waals surface area contributed by atoms with Gasteiger partial charge in [0.05, 0.1) is 25.5 Å². The van der Waals surface area contributed by atoms with Gasteiger partial charge in [-0.05, 0) is 12.1 Å². The predicted molar refractivity (Wildman–Crippen MR) is 48.2 cm³/mol. The Kier molecular flexibility index (Phi) is 2.42. The van der Waals surface area contributed by atoms with Crippen LogP contribution in [0, 0.1) is 0 Å². The van der Waals surface area contributed by atoms with Crippen LogP contribution in [-0.2, 0) is 9.47 Å². The third kappa shape index (κ3) is 1.96. The Bertz CT molecular complexity index is 285. The van der Waals surface area contributed by atoms with Gasteiger partial charge in [-0.15, -0.1) is 0 Å². The highest BCUT2D eigenvalue weighted by Gasteiger charge is 2.17. The van der Waals surface area contributed by atoms with Crippen molar-refractivity contribution in [1.82, 2.24) is 4.98 Å². The van der Waals surface area contributed by atoms with E-state index in [-0.39, 0.29) is 6.10 Å². The highest BCUT2D eigenvalue weighted by molar-refractivity contribution is 5.29. The van der Waals surface area contributed by atoms with Gasteiger partial charge in [-0.3, -0.25) is 0 Å². The predicted octanol–water partition coefficient (Wildman–Crippen LogP) is 0.752. The number of ether oxygens (including phenoxy) is 2. The normalized spacial score (nSPS) is 22.9. The van der Waals surface area contributed by atoms with E-state index in [0.717, 1.165) is 5.69 Å². The Morgan fingerprint density at radius 2 is 2.31 bits per heavy atom. The van der Waals surface area contributed by atoms with E-state index in [4.69, 9.17) is 15.2 Å². The minimum atomic E-state index is -0.0581. The topological polar surface area (TPSA) is 57.4 Å². The van der Waals surface area contributed by atoms with Crippen molar-refractivity contribution in [3.8, 4) is 0 Å². The fraction of sp³-hybridized carbons (Fsp3) is 0.444. The molecule has 0 bridgehead atoms. The second-order valence-corrected chi connectivity index (χ2v) is 2.92. The van der Waals surface area contributed by atoms with Crippen molar-refractivity contribution in [1.29, 1.82) is 0 Å². The molecule has 2 rings (SSSR count). The lowest BCUT2D eigenvalue weighted by atomic mass is 10.2. The van der Waals surface area contributed by atoms with Crippen LogP contribution in [0.4, 0.5) is 5.82 Å². The largest absolute Gasteiger partial charge is 0.384 e. The number of nitrogen functional groups attached to an aromatic ring is 1. The van der Waals surface area contributed by atoms with Crippen molar-refractivity contribution < 1.29 is 9.47 Å².